The maximum absolute atomic E-state index is 10.4. The van der Waals surface area contributed by atoms with Crippen LogP contribution in [0, 0.1) is 17.3 Å². The molecular weight excluding hydrogens is 116 g/mol. The summed E-state index contributed by atoms with van der Waals surface area (Å²) in [5.41, 5.74) is 0.0475. The normalized spacial score (nSPS) is 38.1. The SMILES string of the molecule is CC1C(C(=O)O)C1(C)C. The molecule has 2 unspecified atom stereocenters. The summed E-state index contributed by atoms with van der Waals surface area (Å²) in [4.78, 5) is 10.4. The third kappa shape index (κ3) is 0.732. The van der Waals surface area contributed by atoms with Crippen LogP contribution in [-0.4, -0.2) is 11.1 Å². The Morgan fingerprint density at radius 1 is 1.56 bits per heavy atom. The Morgan fingerprint density at radius 3 is 1.89 bits per heavy atom. The molecular formula is C7H12O2. The second kappa shape index (κ2) is 1.49. The van der Waals surface area contributed by atoms with Crippen molar-refractivity contribution >= 4 is 5.97 Å². The van der Waals surface area contributed by atoms with Crippen LogP contribution in [0.5, 0.6) is 0 Å². The summed E-state index contributed by atoms with van der Waals surface area (Å²) in [5.74, 6) is -0.389. The number of carbonyl (C=O) groups is 1. The topological polar surface area (TPSA) is 37.3 Å². The average Bonchev–Trinajstić information content (AvgIpc) is 2.07. The van der Waals surface area contributed by atoms with Crippen molar-refractivity contribution in [3.05, 3.63) is 0 Å². The van der Waals surface area contributed by atoms with Gasteiger partial charge in [0.2, 0.25) is 0 Å². The molecule has 9 heavy (non-hydrogen) atoms. The maximum atomic E-state index is 10.4. The van der Waals surface area contributed by atoms with Crippen LogP contribution in [0.3, 0.4) is 0 Å². The summed E-state index contributed by atoms with van der Waals surface area (Å²) < 4.78 is 0. The molecule has 1 aliphatic rings. The van der Waals surface area contributed by atoms with Gasteiger partial charge in [-0.15, -0.1) is 0 Å². The smallest absolute Gasteiger partial charge is 0.307 e. The molecule has 0 aromatic carbocycles. The van der Waals surface area contributed by atoms with Gasteiger partial charge in [-0.05, 0) is 11.3 Å². The van der Waals surface area contributed by atoms with Gasteiger partial charge < -0.3 is 5.11 Å². The summed E-state index contributed by atoms with van der Waals surface area (Å²) in [5, 5.41) is 8.56. The fourth-order valence-electron chi connectivity index (χ4n) is 1.43. The molecule has 1 rings (SSSR count). The first-order chi connectivity index (χ1) is 3.98. The highest BCUT2D eigenvalue weighted by Crippen LogP contribution is 2.57. The lowest BCUT2D eigenvalue weighted by Crippen LogP contribution is -2.02. The van der Waals surface area contributed by atoms with Gasteiger partial charge in [0.15, 0.2) is 0 Å². The zero-order valence-electron chi connectivity index (χ0n) is 6.01. The molecule has 2 atom stereocenters. The fraction of sp³-hybridized carbons (Fsp3) is 0.857. The van der Waals surface area contributed by atoms with Crippen LogP contribution in [-0.2, 0) is 4.79 Å². The van der Waals surface area contributed by atoms with Crippen LogP contribution < -0.4 is 0 Å². The van der Waals surface area contributed by atoms with Gasteiger partial charge in [0.1, 0.15) is 0 Å². The van der Waals surface area contributed by atoms with Crippen molar-refractivity contribution in [2.24, 2.45) is 17.3 Å². The fourth-order valence-corrected chi connectivity index (χ4v) is 1.43. The molecule has 1 aliphatic carbocycles. The Morgan fingerprint density at radius 2 is 1.89 bits per heavy atom. The van der Waals surface area contributed by atoms with Crippen molar-refractivity contribution in [2.75, 3.05) is 0 Å². The van der Waals surface area contributed by atoms with Gasteiger partial charge in [-0.2, -0.15) is 0 Å². The Bertz CT molecular complexity index is 149. The molecule has 1 N–H and O–H groups in total. The molecule has 1 fully saturated rings. The van der Waals surface area contributed by atoms with Gasteiger partial charge in [-0.1, -0.05) is 20.8 Å². The van der Waals surface area contributed by atoms with E-state index in [4.69, 9.17) is 5.11 Å². The van der Waals surface area contributed by atoms with E-state index in [1.165, 1.54) is 0 Å². The minimum atomic E-state index is -0.646. The number of rotatable bonds is 1. The van der Waals surface area contributed by atoms with Crippen LogP contribution >= 0.6 is 0 Å². The molecule has 0 heterocycles. The summed E-state index contributed by atoms with van der Waals surface area (Å²) in [7, 11) is 0. The van der Waals surface area contributed by atoms with Gasteiger partial charge >= 0.3 is 5.97 Å². The predicted molar refractivity (Wildman–Crippen MR) is 34.1 cm³/mol. The summed E-state index contributed by atoms with van der Waals surface area (Å²) >= 11 is 0. The highest BCUT2D eigenvalue weighted by Gasteiger charge is 2.59. The number of carboxylic acids is 1. The van der Waals surface area contributed by atoms with Gasteiger partial charge in [0.25, 0.3) is 0 Å². The van der Waals surface area contributed by atoms with Crippen molar-refractivity contribution in [2.45, 2.75) is 20.8 Å². The monoisotopic (exact) mass is 128 g/mol. The minimum absolute atomic E-state index is 0.0475. The standard InChI is InChI=1S/C7H12O2/c1-4-5(6(8)9)7(4,2)3/h4-5H,1-3H3,(H,8,9). The average molecular weight is 128 g/mol. The molecule has 0 bridgehead atoms. The first-order valence-corrected chi connectivity index (χ1v) is 3.20. The molecule has 1 saturated carbocycles. The summed E-state index contributed by atoms with van der Waals surface area (Å²) in [6, 6.07) is 0. The first kappa shape index (κ1) is 6.59. The van der Waals surface area contributed by atoms with Crippen LogP contribution in [0.1, 0.15) is 20.8 Å². The van der Waals surface area contributed by atoms with Gasteiger partial charge in [0, 0.05) is 0 Å². The quantitative estimate of drug-likeness (QED) is 0.579. The molecule has 52 valence electrons. The molecule has 0 spiro atoms. The molecule has 0 amide bonds. The third-order valence-electron chi connectivity index (χ3n) is 2.63. The lowest BCUT2D eigenvalue weighted by molar-refractivity contribution is -0.139. The molecule has 2 heteroatoms. The van der Waals surface area contributed by atoms with E-state index in [1.807, 2.05) is 20.8 Å². The number of hydrogen-bond donors (Lipinski definition) is 1. The van der Waals surface area contributed by atoms with Crippen molar-refractivity contribution in [3.8, 4) is 0 Å². The first-order valence-electron chi connectivity index (χ1n) is 3.20. The molecule has 0 aliphatic heterocycles. The van der Waals surface area contributed by atoms with Gasteiger partial charge in [-0.25, -0.2) is 0 Å². The van der Waals surface area contributed by atoms with Crippen LogP contribution in [0.4, 0.5) is 0 Å². The molecule has 0 aromatic heterocycles. The van der Waals surface area contributed by atoms with Crippen LogP contribution in [0.2, 0.25) is 0 Å². The van der Waals surface area contributed by atoms with E-state index in [2.05, 4.69) is 0 Å². The maximum Gasteiger partial charge on any atom is 0.307 e. The van der Waals surface area contributed by atoms with Gasteiger partial charge in [0.05, 0.1) is 5.92 Å². The van der Waals surface area contributed by atoms with Crippen molar-refractivity contribution in [3.63, 3.8) is 0 Å². The zero-order valence-corrected chi connectivity index (χ0v) is 6.01. The largest absolute Gasteiger partial charge is 0.481 e. The Balaban J connectivity index is 2.62. The second-order valence-corrected chi connectivity index (χ2v) is 3.43. The lowest BCUT2D eigenvalue weighted by Gasteiger charge is -1.95. The predicted octanol–water partition coefficient (Wildman–Crippen LogP) is 1.36. The van der Waals surface area contributed by atoms with Crippen molar-refractivity contribution < 1.29 is 9.90 Å². The Hall–Kier alpha value is -0.530. The molecule has 0 radical (unpaired) electrons. The minimum Gasteiger partial charge on any atom is -0.481 e. The lowest BCUT2D eigenvalue weighted by atomic mass is 10.1. The zero-order chi connectivity index (χ0) is 7.23. The Kier molecular flexibility index (Phi) is 1.09. The van der Waals surface area contributed by atoms with E-state index < -0.39 is 5.97 Å². The Labute approximate surface area is 54.9 Å². The van der Waals surface area contributed by atoms with E-state index >= 15 is 0 Å². The van der Waals surface area contributed by atoms with Crippen molar-refractivity contribution in [1.82, 2.24) is 0 Å². The summed E-state index contributed by atoms with van der Waals surface area (Å²) in [6.07, 6.45) is 0. The molecule has 0 aromatic rings. The van der Waals surface area contributed by atoms with Gasteiger partial charge in [-0.3, -0.25) is 4.79 Å². The van der Waals surface area contributed by atoms with Crippen LogP contribution in [0.25, 0.3) is 0 Å². The van der Waals surface area contributed by atoms with E-state index in [0.29, 0.717) is 5.92 Å². The number of carboxylic acid groups (broad SMARTS) is 1. The highest BCUT2D eigenvalue weighted by atomic mass is 16.4. The second-order valence-electron chi connectivity index (χ2n) is 3.43. The van der Waals surface area contributed by atoms with E-state index in [9.17, 15) is 4.79 Å². The third-order valence-corrected chi connectivity index (χ3v) is 2.63. The molecule has 0 saturated heterocycles. The van der Waals surface area contributed by atoms with E-state index in [1.54, 1.807) is 0 Å². The number of aliphatic carboxylic acids is 1. The van der Waals surface area contributed by atoms with E-state index in [0.717, 1.165) is 0 Å². The highest BCUT2D eigenvalue weighted by molar-refractivity contribution is 5.75. The molecule has 2 nitrogen and oxygen atoms in total. The number of hydrogen-bond acceptors (Lipinski definition) is 1. The summed E-state index contributed by atoms with van der Waals surface area (Å²) in [6.45, 7) is 5.98. The van der Waals surface area contributed by atoms with Crippen LogP contribution in [0.15, 0.2) is 0 Å². The van der Waals surface area contributed by atoms with E-state index in [-0.39, 0.29) is 11.3 Å². The van der Waals surface area contributed by atoms with Crippen molar-refractivity contribution in [1.29, 1.82) is 0 Å².